The van der Waals surface area contributed by atoms with E-state index in [4.69, 9.17) is 9.47 Å². The lowest BCUT2D eigenvalue weighted by atomic mass is 10.0. The number of aliphatic hydroxyl groups excluding tert-OH is 1. The van der Waals surface area contributed by atoms with Crippen molar-refractivity contribution in [3.63, 3.8) is 0 Å². The summed E-state index contributed by atoms with van der Waals surface area (Å²) >= 11 is 0. The summed E-state index contributed by atoms with van der Waals surface area (Å²) in [5, 5.41) is 9.89. The lowest BCUT2D eigenvalue weighted by molar-refractivity contribution is 0.0904. The van der Waals surface area contributed by atoms with Crippen LogP contribution in [0.3, 0.4) is 0 Å². The van der Waals surface area contributed by atoms with E-state index in [0.717, 1.165) is 6.42 Å². The molecule has 1 saturated carbocycles. The van der Waals surface area contributed by atoms with E-state index in [9.17, 15) is 21.9 Å². The van der Waals surface area contributed by atoms with Gasteiger partial charge in [-0.2, -0.15) is 8.61 Å². The van der Waals surface area contributed by atoms with Crippen molar-refractivity contribution < 1.29 is 31.4 Å². The van der Waals surface area contributed by atoms with Gasteiger partial charge in [-0.05, 0) is 56.0 Å². The van der Waals surface area contributed by atoms with Crippen LogP contribution in [0.4, 0.5) is 0 Å². The van der Waals surface area contributed by atoms with Crippen molar-refractivity contribution in [2.45, 2.75) is 67.9 Å². The van der Waals surface area contributed by atoms with Gasteiger partial charge in [0.2, 0.25) is 20.0 Å². The number of hydrogen-bond donors (Lipinski definition) is 1. The van der Waals surface area contributed by atoms with Crippen LogP contribution in [0.5, 0.6) is 11.5 Å². The SMILES string of the molecule is COc1ccccc1S(=O)(=O)N(C)C[C@@H]1Oc2cc(C#CCC3CCCC3)ccc2S(=O)(=O)N([C@@H](C)CO)C[C@H]1C. The largest absolute Gasteiger partial charge is 0.495 e. The molecule has 9 nitrogen and oxygen atoms in total. The number of methoxy groups -OCH3 is 1. The molecule has 1 aliphatic carbocycles. The maximum absolute atomic E-state index is 13.7. The zero-order chi connectivity index (χ0) is 29.8. The summed E-state index contributed by atoms with van der Waals surface area (Å²) in [6.45, 7) is 3.10. The van der Waals surface area contributed by atoms with Crippen LogP contribution < -0.4 is 9.47 Å². The Labute approximate surface area is 244 Å². The first kappa shape index (κ1) is 31.3. The Morgan fingerprint density at radius 1 is 1.20 bits per heavy atom. The summed E-state index contributed by atoms with van der Waals surface area (Å²) in [6.07, 6.45) is 4.94. The fourth-order valence-electron chi connectivity index (χ4n) is 5.38. The summed E-state index contributed by atoms with van der Waals surface area (Å²) < 4.78 is 68.6. The van der Waals surface area contributed by atoms with Gasteiger partial charge in [0.15, 0.2) is 0 Å². The average Bonchev–Trinajstić information content (AvgIpc) is 3.48. The highest BCUT2D eigenvalue weighted by Crippen LogP contribution is 2.35. The quantitative estimate of drug-likeness (QED) is 0.457. The van der Waals surface area contributed by atoms with Gasteiger partial charge < -0.3 is 14.6 Å². The Balaban J connectivity index is 1.70. The van der Waals surface area contributed by atoms with E-state index in [0.29, 0.717) is 11.5 Å². The van der Waals surface area contributed by atoms with Crippen molar-refractivity contribution in [2.24, 2.45) is 11.8 Å². The third-order valence-corrected chi connectivity index (χ3v) is 11.8. The Hall–Kier alpha value is -2.62. The van der Waals surface area contributed by atoms with Gasteiger partial charge in [0, 0.05) is 37.5 Å². The Kier molecular flexibility index (Phi) is 10.0. The number of aliphatic hydroxyl groups is 1. The van der Waals surface area contributed by atoms with Crippen LogP contribution in [0.1, 0.15) is 51.5 Å². The first-order valence-corrected chi connectivity index (χ1v) is 16.9. The Morgan fingerprint density at radius 2 is 1.90 bits per heavy atom. The van der Waals surface area contributed by atoms with Crippen molar-refractivity contribution in [1.82, 2.24) is 8.61 Å². The number of hydrogen-bond acceptors (Lipinski definition) is 7. The molecule has 3 atom stereocenters. The van der Waals surface area contributed by atoms with Crippen molar-refractivity contribution >= 4 is 20.0 Å². The maximum Gasteiger partial charge on any atom is 0.247 e. The molecule has 1 heterocycles. The van der Waals surface area contributed by atoms with Crippen LogP contribution in [0.25, 0.3) is 0 Å². The molecule has 1 aliphatic heterocycles. The predicted octanol–water partition coefficient (Wildman–Crippen LogP) is 3.72. The topological polar surface area (TPSA) is 113 Å². The van der Waals surface area contributed by atoms with E-state index >= 15 is 0 Å². The van der Waals surface area contributed by atoms with Crippen LogP contribution in [0.15, 0.2) is 52.3 Å². The first-order chi connectivity index (χ1) is 19.5. The van der Waals surface area contributed by atoms with Crippen LogP contribution in [-0.4, -0.2) is 76.6 Å². The normalized spacial score (nSPS) is 22.1. The molecule has 1 fully saturated rings. The number of para-hydroxylation sites is 1. The van der Waals surface area contributed by atoms with E-state index in [-0.39, 0.29) is 41.0 Å². The number of nitrogens with zero attached hydrogens (tertiary/aromatic N) is 2. The molecule has 2 aromatic rings. The van der Waals surface area contributed by atoms with Crippen molar-refractivity contribution in [2.75, 3.05) is 33.9 Å². The number of rotatable bonds is 8. The number of ether oxygens (including phenoxy) is 2. The minimum atomic E-state index is -4.02. The van der Waals surface area contributed by atoms with Gasteiger partial charge in [0.05, 0.1) is 20.3 Å². The van der Waals surface area contributed by atoms with Gasteiger partial charge in [-0.3, -0.25) is 0 Å². The highest BCUT2D eigenvalue weighted by atomic mass is 32.2. The van der Waals surface area contributed by atoms with Crippen molar-refractivity contribution in [3.8, 4) is 23.3 Å². The van der Waals surface area contributed by atoms with E-state index in [2.05, 4.69) is 11.8 Å². The van der Waals surface area contributed by atoms with E-state index < -0.39 is 38.1 Å². The molecule has 0 unspecified atom stereocenters. The smallest absolute Gasteiger partial charge is 0.247 e. The molecule has 2 aliphatic rings. The second kappa shape index (κ2) is 13.1. The molecule has 0 aromatic heterocycles. The van der Waals surface area contributed by atoms with Crippen molar-refractivity contribution in [1.29, 1.82) is 0 Å². The monoisotopic (exact) mass is 604 g/mol. The van der Waals surface area contributed by atoms with Crippen LogP contribution in [0, 0.1) is 23.7 Å². The summed E-state index contributed by atoms with van der Waals surface area (Å²) in [6, 6.07) is 10.5. The lowest BCUT2D eigenvalue weighted by Gasteiger charge is -2.37. The van der Waals surface area contributed by atoms with Gasteiger partial charge in [0.1, 0.15) is 27.4 Å². The van der Waals surface area contributed by atoms with E-state index in [1.807, 2.05) is 6.92 Å². The fraction of sp³-hybridized carbons (Fsp3) is 0.533. The van der Waals surface area contributed by atoms with Gasteiger partial charge in [0.25, 0.3) is 0 Å². The zero-order valence-corrected chi connectivity index (χ0v) is 25.7. The molecule has 1 N–H and O–H groups in total. The molecule has 0 spiro atoms. The third kappa shape index (κ3) is 6.89. The summed E-state index contributed by atoms with van der Waals surface area (Å²) in [5.41, 5.74) is 0.626. The molecule has 224 valence electrons. The zero-order valence-electron chi connectivity index (χ0n) is 24.1. The molecule has 0 amide bonds. The Morgan fingerprint density at radius 3 is 2.59 bits per heavy atom. The summed E-state index contributed by atoms with van der Waals surface area (Å²) in [7, 11) is -5.09. The summed E-state index contributed by atoms with van der Waals surface area (Å²) in [4.78, 5) is -0.00638. The van der Waals surface area contributed by atoms with Crippen LogP contribution >= 0.6 is 0 Å². The van der Waals surface area contributed by atoms with Gasteiger partial charge in [-0.25, -0.2) is 16.8 Å². The average molecular weight is 605 g/mol. The predicted molar refractivity (Wildman–Crippen MR) is 157 cm³/mol. The standard InChI is InChI=1S/C30H40N2O7S2/c1-22-19-32(23(2)21-33)41(36,37)30-17-16-25(13-9-12-24-10-5-6-11-24)18-27(30)39-28(22)20-31(3)40(34,35)29-15-8-7-14-26(29)38-4/h7-8,14-18,22-24,28,33H,5-6,10-12,19-21H2,1-4H3/t22-,23+,28+/m1/s1. The Bertz CT molecular complexity index is 1490. The summed E-state index contributed by atoms with van der Waals surface area (Å²) in [5.74, 6) is 6.92. The van der Waals surface area contributed by atoms with E-state index in [1.165, 1.54) is 60.6 Å². The first-order valence-electron chi connectivity index (χ1n) is 14.0. The minimum absolute atomic E-state index is 0.0295. The molecule has 0 bridgehead atoms. The molecular formula is C30H40N2O7S2. The number of benzene rings is 2. The number of sulfonamides is 2. The molecule has 41 heavy (non-hydrogen) atoms. The molecule has 0 saturated heterocycles. The van der Waals surface area contributed by atoms with Crippen LogP contribution in [0.2, 0.25) is 0 Å². The third-order valence-electron chi connectivity index (χ3n) is 7.96. The van der Waals surface area contributed by atoms with Crippen LogP contribution in [-0.2, 0) is 20.0 Å². The highest BCUT2D eigenvalue weighted by molar-refractivity contribution is 7.89. The second-order valence-electron chi connectivity index (χ2n) is 11.0. The fourth-order valence-corrected chi connectivity index (χ4v) is 8.55. The van der Waals surface area contributed by atoms with E-state index in [1.54, 1.807) is 37.3 Å². The number of likely N-dealkylation sites (N-methyl/N-ethyl adjacent to an activating group) is 1. The van der Waals surface area contributed by atoms with Gasteiger partial charge >= 0.3 is 0 Å². The molecule has 4 rings (SSSR count). The number of fused-ring (bicyclic) bond motifs is 1. The van der Waals surface area contributed by atoms with Gasteiger partial charge in [-0.15, -0.1) is 0 Å². The highest BCUT2D eigenvalue weighted by Gasteiger charge is 2.39. The molecular weight excluding hydrogens is 564 g/mol. The molecule has 11 heteroatoms. The minimum Gasteiger partial charge on any atom is -0.495 e. The van der Waals surface area contributed by atoms with Crippen molar-refractivity contribution in [3.05, 3.63) is 48.0 Å². The van der Waals surface area contributed by atoms with Gasteiger partial charge in [-0.1, -0.05) is 43.7 Å². The second-order valence-corrected chi connectivity index (χ2v) is 14.9. The maximum atomic E-state index is 13.7. The lowest BCUT2D eigenvalue weighted by Crippen LogP contribution is -2.50. The molecule has 0 radical (unpaired) electrons. The molecule has 2 aromatic carbocycles.